The number of methoxy groups -OCH3 is 1. The molecule has 0 unspecified atom stereocenters. The van der Waals surface area contributed by atoms with Gasteiger partial charge in [-0.3, -0.25) is 9.59 Å². The van der Waals surface area contributed by atoms with Gasteiger partial charge in [0.1, 0.15) is 6.54 Å². The van der Waals surface area contributed by atoms with Gasteiger partial charge in [-0.15, -0.1) is 0 Å². The molecule has 0 radical (unpaired) electrons. The monoisotopic (exact) mass is 217 g/mol. The van der Waals surface area contributed by atoms with E-state index in [0.29, 0.717) is 26.2 Å². The van der Waals surface area contributed by atoms with Gasteiger partial charge >= 0.3 is 5.97 Å². The van der Waals surface area contributed by atoms with Gasteiger partial charge in [0.2, 0.25) is 5.91 Å². The Kier molecular flexibility index (Phi) is 7.62. The summed E-state index contributed by atoms with van der Waals surface area (Å²) in [5.74, 6) is -0.449. The van der Waals surface area contributed by atoms with Crippen LogP contribution in [-0.2, 0) is 19.1 Å². The van der Waals surface area contributed by atoms with Crippen molar-refractivity contribution in [3.8, 4) is 0 Å². The average molecular weight is 217 g/mol. The Morgan fingerprint density at radius 3 is 2.40 bits per heavy atom. The third-order valence-corrected chi connectivity index (χ3v) is 1.85. The Morgan fingerprint density at radius 2 is 1.93 bits per heavy atom. The molecule has 0 heterocycles. The van der Waals surface area contributed by atoms with Crippen molar-refractivity contribution in [3.63, 3.8) is 0 Å². The molecule has 5 nitrogen and oxygen atoms in total. The fourth-order valence-electron chi connectivity index (χ4n) is 1.08. The van der Waals surface area contributed by atoms with E-state index in [0.717, 1.165) is 0 Å². The first-order valence-electron chi connectivity index (χ1n) is 5.08. The second-order valence-electron chi connectivity index (χ2n) is 2.97. The molecule has 0 aromatic rings. The van der Waals surface area contributed by atoms with Crippen molar-refractivity contribution >= 4 is 11.9 Å². The van der Waals surface area contributed by atoms with E-state index >= 15 is 0 Å². The molecule has 1 amide bonds. The van der Waals surface area contributed by atoms with E-state index in [1.165, 1.54) is 4.90 Å². The maximum Gasteiger partial charge on any atom is 0.325 e. The predicted octanol–water partition coefficient (Wildman–Crippen LogP) is 0.434. The number of hydrogen-bond acceptors (Lipinski definition) is 4. The highest BCUT2D eigenvalue weighted by Gasteiger charge is 2.15. The molecule has 0 aliphatic carbocycles. The van der Waals surface area contributed by atoms with Crippen LogP contribution in [0.25, 0.3) is 0 Å². The molecule has 0 rings (SSSR count). The van der Waals surface area contributed by atoms with Crippen LogP contribution >= 0.6 is 0 Å². The smallest absolute Gasteiger partial charge is 0.325 e. The minimum Gasteiger partial charge on any atom is -0.465 e. The Morgan fingerprint density at radius 1 is 1.27 bits per heavy atom. The van der Waals surface area contributed by atoms with Gasteiger partial charge in [-0.25, -0.2) is 0 Å². The number of amides is 1. The number of esters is 1. The van der Waals surface area contributed by atoms with Gasteiger partial charge in [0.25, 0.3) is 0 Å². The van der Waals surface area contributed by atoms with Gasteiger partial charge in [0.05, 0.1) is 13.2 Å². The molecule has 0 saturated carbocycles. The van der Waals surface area contributed by atoms with E-state index in [1.54, 1.807) is 21.0 Å². The SMILES string of the molecule is CCOC(=O)CN(CCOC)C(=O)CC. The standard InChI is InChI=1S/C10H19NO4/c1-4-9(12)11(6-7-14-3)8-10(13)15-5-2/h4-8H2,1-3H3. The lowest BCUT2D eigenvalue weighted by Crippen LogP contribution is -2.38. The lowest BCUT2D eigenvalue weighted by Gasteiger charge is -2.20. The summed E-state index contributed by atoms with van der Waals surface area (Å²) >= 11 is 0. The van der Waals surface area contributed by atoms with E-state index < -0.39 is 0 Å². The Labute approximate surface area is 90.3 Å². The number of ether oxygens (including phenoxy) is 2. The van der Waals surface area contributed by atoms with Gasteiger partial charge in [-0.1, -0.05) is 6.92 Å². The Balaban J connectivity index is 4.11. The lowest BCUT2D eigenvalue weighted by molar-refractivity contribution is -0.149. The van der Waals surface area contributed by atoms with Crippen molar-refractivity contribution in [1.29, 1.82) is 0 Å². The second kappa shape index (κ2) is 8.23. The molecular formula is C10H19NO4. The van der Waals surface area contributed by atoms with Crippen molar-refractivity contribution in [3.05, 3.63) is 0 Å². The van der Waals surface area contributed by atoms with Crippen LogP contribution in [0.3, 0.4) is 0 Å². The van der Waals surface area contributed by atoms with Crippen LogP contribution in [0.4, 0.5) is 0 Å². The first-order valence-corrected chi connectivity index (χ1v) is 5.08. The summed E-state index contributed by atoms with van der Waals surface area (Å²) in [5, 5.41) is 0. The summed E-state index contributed by atoms with van der Waals surface area (Å²) in [7, 11) is 1.55. The van der Waals surface area contributed by atoms with Crippen LogP contribution in [0.2, 0.25) is 0 Å². The lowest BCUT2D eigenvalue weighted by atomic mass is 10.3. The Bertz CT molecular complexity index is 206. The topological polar surface area (TPSA) is 55.8 Å². The van der Waals surface area contributed by atoms with Crippen LogP contribution in [0, 0.1) is 0 Å². The molecule has 0 fully saturated rings. The summed E-state index contributed by atoms with van der Waals surface area (Å²) in [6, 6.07) is 0. The molecule has 0 aliphatic heterocycles. The summed E-state index contributed by atoms with van der Waals surface area (Å²) in [4.78, 5) is 24.0. The van der Waals surface area contributed by atoms with E-state index in [4.69, 9.17) is 9.47 Å². The van der Waals surface area contributed by atoms with Crippen molar-refractivity contribution in [2.24, 2.45) is 0 Å². The molecule has 0 bridgehead atoms. The third kappa shape index (κ3) is 6.06. The van der Waals surface area contributed by atoms with Gasteiger partial charge in [0, 0.05) is 20.1 Å². The van der Waals surface area contributed by atoms with Crippen molar-refractivity contribution in [2.75, 3.05) is 33.4 Å². The maximum absolute atomic E-state index is 11.4. The zero-order chi connectivity index (χ0) is 11.7. The minimum atomic E-state index is -0.379. The van der Waals surface area contributed by atoms with Gasteiger partial charge < -0.3 is 14.4 Å². The normalized spacial score (nSPS) is 9.80. The number of carbonyl (C=O) groups is 2. The Hall–Kier alpha value is -1.10. The molecule has 0 aromatic heterocycles. The van der Waals surface area contributed by atoms with E-state index in [1.807, 2.05) is 0 Å². The molecule has 5 heteroatoms. The third-order valence-electron chi connectivity index (χ3n) is 1.85. The van der Waals surface area contributed by atoms with Crippen LogP contribution in [0.15, 0.2) is 0 Å². The molecule has 88 valence electrons. The quantitative estimate of drug-likeness (QED) is 0.580. The minimum absolute atomic E-state index is 0.00384. The van der Waals surface area contributed by atoms with Crippen molar-refractivity contribution in [2.45, 2.75) is 20.3 Å². The number of nitrogens with zero attached hydrogens (tertiary/aromatic N) is 1. The van der Waals surface area contributed by atoms with Crippen LogP contribution in [0.1, 0.15) is 20.3 Å². The van der Waals surface area contributed by atoms with Crippen LogP contribution in [-0.4, -0.2) is 50.2 Å². The van der Waals surface area contributed by atoms with Crippen molar-refractivity contribution in [1.82, 2.24) is 4.90 Å². The number of carbonyl (C=O) groups excluding carboxylic acids is 2. The highest BCUT2D eigenvalue weighted by atomic mass is 16.5. The van der Waals surface area contributed by atoms with Gasteiger partial charge in [-0.2, -0.15) is 0 Å². The second-order valence-corrected chi connectivity index (χ2v) is 2.97. The van der Waals surface area contributed by atoms with E-state index in [2.05, 4.69) is 0 Å². The molecule has 0 aliphatic rings. The van der Waals surface area contributed by atoms with E-state index in [9.17, 15) is 9.59 Å². The predicted molar refractivity (Wildman–Crippen MR) is 55.4 cm³/mol. The number of rotatable bonds is 7. The largest absolute Gasteiger partial charge is 0.465 e. The molecule has 0 N–H and O–H groups in total. The van der Waals surface area contributed by atoms with Gasteiger partial charge in [0.15, 0.2) is 0 Å². The number of hydrogen-bond donors (Lipinski definition) is 0. The maximum atomic E-state index is 11.4. The fraction of sp³-hybridized carbons (Fsp3) is 0.800. The van der Waals surface area contributed by atoms with Gasteiger partial charge in [-0.05, 0) is 6.92 Å². The highest BCUT2D eigenvalue weighted by Crippen LogP contribution is 1.95. The first kappa shape index (κ1) is 13.9. The molecule has 15 heavy (non-hydrogen) atoms. The van der Waals surface area contributed by atoms with E-state index in [-0.39, 0.29) is 18.4 Å². The summed E-state index contributed by atoms with van der Waals surface area (Å²) in [6.07, 6.45) is 0.378. The molecule has 0 aromatic carbocycles. The van der Waals surface area contributed by atoms with Crippen LogP contribution < -0.4 is 0 Å². The first-order chi connectivity index (χ1) is 7.15. The van der Waals surface area contributed by atoms with Crippen molar-refractivity contribution < 1.29 is 19.1 Å². The zero-order valence-electron chi connectivity index (χ0n) is 9.62. The summed E-state index contributed by atoms with van der Waals surface area (Å²) < 4.78 is 9.64. The molecule has 0 atom stereocenters. The van der Waals surface area contributed by atoms with Crippen LogP contribution in [0.5, 0.6) is 0 Å². The fourth-order valence-corrected chi connectivity index (χ4v) is 1.08. The summed E-state index contributed by atoms with van der Waals surface area (Å²) in [5.41, 5.74) is 0. The molecule has 0 saturated heterocycles. The zero-order valence-corrected chi connectivity index (χ0v) is 9.62. The average Bonchev–Trinajstić information content (AvgIpc) is 2.23. The highest BCUT2D eigenvalue weighted by molar-refractivity contribution is 5.81. The molecule has 0 spiro atoms. The molecular weight excluding hydrogens is 198 g/mol. The summed E-state index contributed by atoms with van der Waals surface area (Å²) in [6.45, 7) is 4.67.